The van der Waals surface area contributed by atoms with Gasteiger partial charge in [0, 0.05) is 13.6 Å². The quantitative estimate of drug-likeness (QED) is 0.686. The van der Waals surface area contributed by atoms with E-state index >= 15 is 0 Å². The predicted molar refractivity (Wildman–Crippen MR) is 66.3 cm³/mol. The summed E-state index contributed by atoms with van der Waals surface area (Å²) >= 11 is 0. The fourth-order valence-electron chi connectivity index (χ4n) is 2.01. The van der Waals surface area contributed by atoms with Crippen molar-refractivity contribution in [3.05, 3.63) is 5.69 Å². The van der Waals surface area contributed by atoms with E-state index in [1.54, 1.807) is 14.0 Å². The van der Waals surface area contributed by atoms with Crippen LogP contribution in [0.1, 0.15) is 25.0 Å². The Morgan fingerprint density at radius 2 is 2.17 bits per heavy atom. The van der Waals surface area contributed by atoms with Gasteiger partial charge in [0.15, 0.2) is 5.82 Å². The number of aromatic nitrogens is 2. The summed E-state index contributed by atoms with van der Waals surface area (Å²) in [4.78, 5) is -0.00655. The third-order valence-electron chi connectivity index (χ3n) is 3.45. The van der Waals surface area contributed by atoms with Crippen LogP contribution in [0.2, 0.25) is 0 Å². The second kappa shape index (κ2) is 4.22. The summed E-state index contributed by atoms with van der Waals surface area (Å²) in [6.45, 7) is 1.65. The lowest BCUT2D eigenvalue weighted by Gasteiger charge is -2.36. The van der Waals surface area contributed by atoms with Gasteiger partial charge in [0.25, 0.3) is 0 Å². The van der Waals surface area contributed by atoms with Crippen LogP contribution in [-0.2, 0) is 17.1 Å². The van der Waals surface area contributed by atoms with Crippen LogP contribution in [0.4, 0.5) is 5.82 Å². The first-order chi connectivity index (χ1) is 8.25. The molecule has 1 aromatic heterocycles. The molecule has 1 aliphatic rings. The van der Waals surface area contributed by atoms with Gasteiger partial charge in [0.2, 0.25) is 10.0 Å². The average Bonchev–Trinajstić information content (AvgIpc) is 2.48. The number of nitrogens with zero attached hydrogens (tertiary/aromatic N) is 2. The molecule has 0 aromatic carbocycles. The van der Waals surface area contributed by atoms with Gasteiger partial charge in [-0.25, -0.2) is 13.1 Å². The van der Waals surface area contributed by atoms with Crippen LogP contribution in [0.15, 0.2) is 4.90 Å². The standard InChI is InChI=1S/C10H18N4O3S/c1-7-8(9(11)13-14(7)2)18(16,17)12-6-10(15)4-3-5-10/h12,15H,3-6H2,1-2H3,(H2,11,13). The highest BCUT2D eigenvalue weighted by atomic mass is 32.2. The van der Waals surface area contributed by atoms with Crippen molar-refractivity contribution < 1.29 is 13.5 Å². The monoisotopic (exact) mass is 274 g/mol. The molecule has 102 valence electrons. The molecule has 0 aliphatic heterocycles. The topological polar surface area (TPSA) is 110 Å². The van der Waals surface area contributed by atoms with Gasteiger partial charge in [-0.2, -0.15) is 5.10 Å². The molecule has 2 rings (SSSR count). The lowest BCUT2D eigenvalue weighted by Crippen LogP contribution is -2.47. The number of nitrogen functional groups attached to an aromatic ring is 1. The third-order valence-corrected chi connectivity index (χ3v) is 5.02. The third kappa shape index (κ3) is 2.23. The summed E-state index contributed by atoms with van der Waals surface area (Å²) in [5, 5.41) is 13.8. The summed E-state index contributed by atoms with van der Waals surface area (Å²) in [5.41, 5.74) is 5.17. The van der Waals surface area contributed by atoms with E-state index in [4.69, 9.17) is 5.73 Å². The van der Waals surface area contributed by atoms with E-state index in [0.717, 1.165) is 6.42 Å². The first-order valence-corrected chi connectivity index (χ1v) is 7.25. The van der Waals surface area contributed by atoms with Crippen molar-refractivity contribution in [3.63, 3.8) is 0 Å². The molecule has 1 aromatic rings. The van der Waals surface area contributed by atoms with Crippen molar-refractivity contribution in [2.45, 2.75) is 36.7 Å². The highest BCUT2D eigenvalue weighted by Gasteiger charge is 2.36. The van der Waals surface area contributed by atoms with E-state index in [1.807, 2.05) is 0 Å². The Hall–Kier alpha value is -1.12. The lowest BCUT2D eigenvalue weighted by molar-refractivity contribution is -0.0270. The lowest BCUT2D eigenvalue weighted by atomic mass is 9.81. The van der Waals surface area contributed by atoms with E-state index < -0.39 is 15.6 Å². The summed E-state index contributed by atoms with van der Waals surface area (Å²) in [5.74, 6) is -0.0249. The van der Waals surface area contributed by atoms with Crippen molar-refractivity contribution in [1.29, 1.82) is 0 Å². The zero-order chi connectivity index (χ0) is 13.6. The number of nitrogens with two attached hydrogens (primary N) is 1. The minimum Gasteiger partial charge on any atom is -0.389 e. The number of aliphatic hydroxyl groups is 1. The molecule has 0 spiro atoms. The minimum atomic E-state index is -3.73. The molecule has 0 saturated heterocycles. The van der Waals surface area contributed by atoms with Gasteiger partial charge in [-0.1, -0.05) is 0 Å². The van der Waals surface area contributed by atoms with Gasteiger partial charge in [-0.05, 0) is 26.2 Å². The molecule has 0 bridgehead atoms. The molecule has 0 unspecified atom stereocenters. The first-order valence-electron chi connectivity index (χ1n) is 5.76. The summed E-state index contributed by atoms with van der Waals surface area (Å²) in [6.07, 6.45) is 2.17. The normalized spacial score (nSPS) is 18.6. The van der Waals surface area contributed by atoms with Crippen LogP contribution in [0.5, 0.6) is 0 Å². The second-order valence-electron chi connectivity index (χ2n) is 4.83. The van der Waals surface area contributed by atoms with Gasteiger partial charge in [0.1, 0.15) is 4.90 Å². The summed E-state index contributed by atoms with van der Waals surface area (Å²) in [7, 11) is -2.10. The van der Waals surface area contributed by atoms with Gasteiger partial charge >= 0.3 is 0 Å². The number of aryl methyl sites for hydroxylation is 1. The molecular weight excluding hydrogens is 256 g/mol. The zero-order valence-electron chi connectivity index (χ0n) is 10.5. The molecule has 18 heavy (non-hydrogen) atoms. The maximum Gasteiger partial charge on any atom is 0.246 e. The zero-order valence-corrected chi connectivity index (χ0v) is 11.3. The van der Waals surface area contributed by atoms with Gasteiger partial charge in [0.05, 0.1) is 11.3 Å². The highest BCUT2D eigenvalue weighted by Crippen LogP contribution is 2.31. The smallest absolute Gasteiger partial charge is 0.246 e. The molecule has 0 atom stereocenters. The summed E-state index contributed by atoms with van der Waals surface area (Å²) in [6, 6.07) is 0. The molecule has 8 heteroatoms. The van der Waals surface area contributed by atoms with Crippen LogP contribution in [0, 0.1) is 6.92 Å². The predicted octanol–water partition coefficient (Wildman–Crippen LogP) is -0.496. The number of sulfonamides is 1. The molecule has 1 aliphatic carbocycles. The number of anilines is 1. The molecule has 0 amide bonds. The fraction of sp³-hybridized carbons (Fsp3) is 0.700. The molecule has 7 nitrogen and oxygen atoms in total. The maximum atomic E-state index is 12.1. The second-order valence-corrected chi connectivity index (χ2v) is 6.53. The Kier molecular flexibility index (Phi) is 3.12. The Morgan fingerprint density at radius 3 is 2.56 bits per heavy atom. The van der Waals surface area contributed by atoms with E-state index in [-0.39, 0.29) is 17.3 Å². The Morgan fingerprint density at radius 1 is 1.56 bits per heavy atom. The number of hydrogen-bond acceptors (Lipinski definition) is 5. The van der Waals surface area contributed by atoms with Crippen LogP contribution >= 0.6 is 0 Å². The highest BCUT2D eigenvalue weighted by molar-refractivity contribution is 7.89. The van der Waals surface area contributed by atoms with Crippen molar-refractivity contribution in [3.8, 4) is 0 Å². The van der Waals surface area contributed by atoms with Crippen LogP contribution in [0.3, 0.4) is 0 Å². The Labute approximate surface area is 106 Å². The SMILES string of the molecule is Cc1c(S(=O)(=O)NCC2(O)CCC2)c(N)nn1C. The number of nitrogens with one attached hydrogen (secondary N) is 1. The maximum absolute atomic E-state index is 12.1. The van der Waals surface area contributed by atoms with Crippen molar-refractivity contribution in [2.24, 2.45) is 7.05 Å². The largest absolute Gasteiger partial charge is 0.389 e. The van der Waals surface area contributed by atoms with Crippen LogP contribution in [0.25, 0.3) is 0 Å². The van der Waals surface area contributed by atoms with Crippen molar-refractivity contribution >= 4 is 15.8 Å². The first kappa shape index (κ1) is 13.3. The Balaban J connectivity index is 2.20. The Bertz CT molecular complexity index is 560. The summed E-state index contributed by atoms with van der Waals surface area (Å²) < 4.78 is 28.1. The molecule has 0 radical (unpaired) electrons. The molecule has 4 N–H and O–H groups in total. The average molecular weight is 274 g/mol. The van der Waals surface area contributed by atoms with Crippen LogP contribution in [-0.4, -0.2) is 35.5 Å². The van der Waals surface area contributed by atoms with E-state index in [9.17, 15) is 13.5 Å². The van der Waals surface area contributed by atoms with Gasteiger partial charge < -0.3 is 10.8 Å². The van der Waals surface area contributed by atoms with Crippen LogP contribution < -0.4 is 10.5 Å². The fourth-order valence-corrected chi connectivity index (χ4v) is 3.45. The van der Waals surface area contributed by atoms with Crippen molar-refractivity contribution in [2.75, 3.05) is 12.3 Å². The van der Waals surface area contributed by atoms with Crippen molar-refractivity contribution in [1.82, 2.24) is 14.5 Å². The minimum absolute atomic E-state index is 0.00655. The van der Waals surface area contributed by atoms with Gasteiger partial charge in [-0.15, -0.1) is 0 Å². The van der Waals surface area contributed by atoms with E-state index in [1.165, 1.54) is 4.68 Å². The molecule has 1 saturated carbocycles. The molecule has 1 heterocycles. The van der Waals surface area contributed by atoms with E-state index in [0.29, 0.717) is 18.5 Å². The van der Waals surface area contributed by atoms with Gasteiger partial charge in [-0.3, -0.25) is 4.68 Å². The molecule has 1 fully saturated rings. The van der Waals surface area contributed by atoms with E-state index in [2.05, 4.69) is 9.82 Å². The number of rotatable bonds is 4. The molecular formula is C10H18N4O3S. The number of hydrogen-bond donors (Lipinski definition) is 3.